The smallest absolute Gasteiger partial charge is 0.292 e. The highest BCUT2D eigenvalue weighted by molar-refractivity contribution is 6.33. The molecule has 1 fully saturated rings. The van der Waals surface area contributed by atoms with E-state index in [-0.39, 0.29) is 10.6 Å². The summed E-state index contributed by atoms with van der Waals surface area (Å²) in [6.45, 7) is 5.73. The topological polar surface area (TPSA) is 50.6 Å². The fraction of sp³-hybridized carbons (Fsp3) is 0.273. The molecule has 150 valence electrons. The Bertz CT molecular complexity index is 1030. The first-order chi connectivity index (χ1) is 14.2. The molecule has 3 aromatic rings. The predicted molar refractivity (Wildman–Crippen MR) is 117 cm³/mol. The summed E-state index contributed by atoms with van der Waals surface area (Å²) >= 11 is 6.45. The summed E-state index contributed by atoms with van der Waals surface area (Å²) in [4.78, 5) is 17.2. The van der Waals surface area contributed by atoms with E-state index < -0.39 is 0 Å². The number of para-hydroxylation sites is 3. The molecule has 0 unspecified atom stereocenters. The Labute approximate surface area is 174 Å². The summed E-state index contributed by atoms with van der Waals surface area (Å²) in [7, 11) is 0. The number of benzene rings is 2. The van der Waals surface area contributed by atoms with Gasteiger partial charge in [0.05, 0.1) is 29.9 Å². The van der Waals surface area contributed by atoms with Gasteiger partial charge in [0, 0.05) is 26.2 Å². The summed E-state index contributed by atoms with van der Waals surface area (Å²) in [6, 6.07) is 17.4. The summed E-state index contributed by atoms with van der Waals surface area (Å²) in [5.41, 5.74) is 2.17. The molecular weight excluding hydrogens is 388 g/mol. The lowest BCUT2D eigenvalue weighted by Gasteiger charge is -2.37. The van der Waals surface area contributed by atoms with Crippen molar-refractivity contribution >= 4 is 23.0 Å². The third-order valence-corrected chi connectivity index (χ3v) is 5.38. The molecule has 0 saturated carbocycles. The second-order valence-electron chi connectivity index (χ2n) is 6.77. The van der Waals surface area contributed by atoms with E-state index in [2.05, 4.69) is 21.0 Å². The second-order valence-corrected chi connectivity index (χ2v) is 7.15. The molecule has 0 radical (unpaired) electrons. The first-order valence-corrected chi connectivity index (χ1v) is 10.1. The number of halogens is 1. The normalized spacial score (nSPS) is 14.1. The lowest BCUT2D eigenvalue weighted by molar-refractivity contribution is 0.340. The van der Waals surface area contributed by atoms with Gasteiger partial charge in [-0.1, -0.05) is 41.9 Å². The zero-order valence-electron chi connectivity index (χ0n) is 16.3. The maximum absolute atomic E-state index is 12.7. The minimum absolute atomic E-state index is 0.201. The Morgan fingerprint density at radius 1 is 0.931 bits per heavy atom. The van der Waals surface area contributed by atoms with Gasteiger partial charge in [0.25, 0.3) is 5.56 Å². The van der Waals surface area contributed by atoms with Crippen LogP contribution in [0.15, 0.2) is 65.6 Å². The van der Waals surface area contributed by atoms with E-state index in [1.54, 1.807) is 6.20 Å². The number of aromatic nitrogens is 2. The van der Waals surface area contributed by atoms with Gasteiger partial charge in [-0.05, 0) is 31.2 Å². The number of hydrogen-bond donors (Lipinski definition) is 0. The van der Waals surface area contributed by atoms with Crippen LogP contribution in [0.4, 0.5) is 11.4 Å². The molecule has 0 bridgehead atoms. The maximum atomic E-state index is 12.7. The highest BCUT2D eigenvalue weighted by Crippen LogP contribution is 2.30. The predicted octanol–water partition coefficient (Wildman–Crippen LogP) is 3.61. The van der Waals surface area contributed by atoms with Crippen LogP contribution in [0.1, 0.15) is 6.92 Å². The van der Waals surface area contributed by atoms with Crippen LogP contribution >= 0.6 is 11.6 Å². The molecule has 0 atom stereocenters. The van der Waals surface area contributed by atoms with Crippen molar-refractivity contribution < 1.29 is 4.74 Å². The molecule has 0 spiro atoms. The van der Waals surface area contributed by atoms with E-state index in [1.165, 1.54) is 4.68 Å². The SMILES string of the molecule is CCOc1ccccc1N1CCN(c2cnn(-c3ccccc3)c(=O)c2Cl)CC1. The molecule has 0 N–H and O–H groups in total. The molecule has 1 saturated heterocycles. The van der Waals surface area contributed by atoms with Crippen LogP contribution in [0.2, 0.25) is 5.02 Å². The van der Waals surface area contributed by atoms with Gasteiger partial charge in [0.2, 0.25) is 0 Å². The average Bonchev–Trinajstić information content (AvgIpc) is 2.77. The van der Waals surface area contributed by atoms with Crippen molar-refractivity contribution in [2.75, 3.05) is 42.6 Å². The molecule has 7 heteroatoms. The minimum Gasteiger partial charge on any atom is -0.492 e. The van der Waals surface area contributed by atoms with Crippen molar-refractivity contribution in [3.05, 3.63) is 76.2 Å². The van der Waals surface area contributed by atoms with Crippen molar-refractivity contribution in [2.24, 2.45) is 0 Å². The summed E-state index contributed by atoms with van der Waals surface area (Å²) < 4.78 is 7.10. The summed E-state index contributed by atoms with van der Waals surface area (Å²) in [5, 5.41) is 4.55. The van der Waals surface area contributed by atoms with Crippen LogP contribution in [-0.4, -0.2) is 42.6 Å². The lowest BCUT2D eigenvalue weighted by Crippen LogP contribution is -2.47. The maximum Gasteiger partial charge on any atom is 0.292 e. The summed E-state index contributed by atoms with van der Waals surface area (Å²) in [5.74, 6) is 0.897. The van der Waals surface area contributed by atoms with Crippen LogP contribution < -0.4 is 20.1 Å². The van der Waals surface area contributed by atoms with Gasteiger partial charge in [-0.2, -0.15) is 9.78 Å². The van der Waals surface area contributed by atoms with Gasteiger partial charge < -0.3 is 14.5 Å². The van der Waals surface area contributed by atoms with E-state index in [1.807, 2.05) is 55.5 Å². The first-order valence-electron chi connectivity index (χ1n) is 9.74. The van der Waals surface area contributed by atoms with Gasteiger partial charge in [-0.25, -0.2) is 0 Å². The largest absolute Gasteiger partial charge is 0.492 e. The number of nitrogens with zero attached hydrogens (tertiary/aromatic N) is 4. The van der Waals surface area contributed by atoms with Crippen molar-refractivity contribution in [2.45, 2.75) is 6.92 Å². The molecular formula is C22H23ClN4O2. The molecule has 4 rings (SSSR count). The van der Waals surface area contributed by atoms with Crippen LogP contribution in [0.25, 0.3) is 5.69 Å². The van der Waals surface area contributed by atoms with Crippen molar-refractivity contribution in [3.63, 3.8) is 0 Å². The molecule has 29 heavy (non-hydrogen) atoms. The fourth-order valence-electron chi connectivity index (χ4n) is 3.58. The van der Waals surface area contributed by atoms with Crippen molar-refractivity contribution in [1.82, 2.24) is 9.78 Å². The van der Waals surface area contributed by atoms with Gasteiger partial charge in [-0.3, -0.25) is 4.79 Å². The summed E-state index contributed by atoms with van der Waals surface area (Å²) in [6.07, 6.45) is 1.68. The zero-order valence-corrected chi connectivity index (χ0v) is 17.0. The highest BCUT2D eigenvalue weighted by Gasteiger charge is 2.23. The van der Waals surface area contributed by atoms with Crippen LogP contribution in [-0.2, 0) is 0 Å². The van der Waals surface area contributed by atoms with Crippen molar-refractivity contribution in [3.8, 4) is 11.4 Å². The van der Waals surface area contributed by atoms with E-state index in [9.17, 15) is 4.79 Å². The molecule has 0 aliphatic carbocycles. The number of ether oxygens (including phenoxy) is 1. The molecule has 0 amide bonds. The van der Waals surface area contributed by atoms with Crippen molar-refractivity contribution in [1.29, 1.82) is 0 Å². The monoisotopic (exact) mass is 410 g/mol. The van der Waals surface area contributed by atoms with E-state index in [0.29, 0.717) is 18.0 Å². The average molecular weight is 411 g/mol. The van der Waals surface area contributed by atoms with Gasteiger partial charge in [0.15, 0.2) is 0 Å². The Morgan fingerprint density at radius 2 is 1.55 bits per heavy atom. The van der Waals surface area contributed by atoms with Gasteiger partial charge in [0.1, 0.15) is 10.8 Å². The molecule has 2 aromatic carbocycles. The zero-order chi connectivity index (χ0) is 20.2. The number of hydrogen-bond acceptors (Lipinski definition) is 5. The molecule has 1 aliphatic heterocycles. The highest BCUT2D eigenvalue weighted by atomic mass is 35.5. The molecule has 6 nitrogen and oxygen atoms in total. The van der Waals surface area contributed by atoms with E-state index >= 15 is 0 Å². The molecule has 1 aliphatic rings. The first kappa shape index (κ1) is 19.3. The molecule has 1 aromatic heterocycles. The van der Waals surface area contributed by atoms with Crippen LogP contribution in [0.5, 0.6) is 5.75 Å². The standard InChI is InChI=1S/C22H23ClN4O2/c1-2-29-20-11-7-6-10-18(20)25-12-14-26(15-13-25)19-16-24-27(22(28)21(19)23)17-8-4-3-5-9-17/h3-11,16H,2,12-15H2,1H3. The Hall–Kier alpha value is -2.99. The molecule has 2 heterocycles. The third kappa shape index (κ3) is 3.93. The van der Waals surface area contributed by atoms with Crippen LogP contribution in [0, 0.1) is 0 Å². The van der Waals surface area contributed by atoms with Crippen LogP contribution in [0.3, 0.4) is 0 Å². The quantitative estimate of drug-likeness (QED) is 0.643. The second kappa shape index (κ2) is 8.57. The van der Waals surface area contributed by atoms with E-state index in [0.717, 1.165) is 37.6 Å². The Kier molecular flexibility index (Phi) is 5.71. The Balaban J connectivity index is 1.52. The fourth-order valence-corrected chi connectivity index (χ4v) is 3.83. The third-order valence-electron chi connectivity index (χ3n) is 5.03. The number of rotatable bonds is 5. The number of piperazine rings is 1. The van der Waals surface area contributed by atoms with Gasteiger partial charge >= 0.3 is 0 Å². The minimum atomic E-state index is -0.306. The van der Waals surface area contributed by atoms with Gasteiger partial charge in [-0.15, -0.1) is 0 Å². The van der Waals surface area contributed by atoms with E-state index in [4.69, 9.17) is 16.3 Å². The lowest BCUT2D eigenvalue weighted by atomic mass is 10.2. The Morgan fingerprint density at radius 3 is 2.24 bits per heavy atom. The number of anilines is 2.